The average molecular weight is 566 g/mol. The van der Waals surface area contributed by atoms with Gasteiger partial charge in [-0.05, 0) is 55.7 Å². The normalized spacial score (nSPS) is 13.9. The molecule has 0 N–H and O–H groups in total. The second kappa shape index (κ2) is 13.5. The van der Waals surface area contributed by atoms with Gasteiger partial charge in [-0.2, -0.15) is 4.98 Å². The Morgan fingerprint density at radius 2 is 1.33 bits per heavy atom. The van der Waals surface area contributed by atoms with Crippen molar-refractivity contribution in [3.63, 3.8) is 0 Å². The summed E-state index contributed by atoms with van der Waals surface area (Å²) in [6.07, 6.45) is 0. The Bertz CT molecular complexity index is 1430. The standard InChI is InChI=1S/C35H39N3O4/c1-35(2,3)42-33(39)24-37-20-22-38(23-21-37)30-16-14-29(15-17-30)31-18-19-32(40-25-27-10-6-4-7-11-27)36-34(31)41-26-28-12-8-5-9-13-28/h4-19H,20-26H2,1-3H3. The van der Waals surface area contributed by atoms with Gasteiger partial charge in [0.05, 0.1) is 6.54 Å². The number of carbonyl (C=O) groups excluding carboxylic acids is 1. The highest BCUT2D eigenvalue weighted by molar-refractivity contribution is 5.72. The molecule has 0 aliphatic carbocycles. The lowest BCUT2D eigenvalue weighted by molar-refractivity contribution is -0.156. The minimum Gasteiger partial charge on any atom is -0.473 e. The van der Waals surface area contributed by atoms with Crippen molar-refractivity contribution in [2.75, 3.05) is 37.6 Å². The van der Waals surface area contributed by atoms with Crippen LogP contribution in [0, 0.1) is 0 Å². The maximum Gasteiger partial charge on any atom is 0.320 e. The van der Waals surface area contributed by atoms with E-state index in [-0.39, 0.29) is 5.97 Å². The van der Waals surface area contributed by atoms with Crippen LogP contribution in [-0.4, -0.2) is 54.2 Å². The van der Waals surface area contributed by atoms with E-state index in [9.17, 15) is 4.79 Å². The summed E-state index contributed by atoms with van der Waals surface area (Å²) < 4.78 is 17.7. The van der Waals surface area contributed by atoms with Crippen molar-refractivity contribution in [2.45, 2.75) is 39.6 Å². The van der Waals surface area contributed by atoms with Crippen molar-refractivity contribution in [1.29, 1.82) is 0 Å². The molecule has 1 aliphatic heterocycles. The number of rotatable bonds is 10. The van der Waals surface area contributed by atoms with E-state index in [0.29, 0.717) is 31.5 Å². The van der Waals surface area contributed by atoms with Crippen LogP contribution in [0.25, 0.3) is 11.1 Å². The number of aromatic nitrogens is 1. The third kappa shape index (κ3) is 8.33. The lowest BCUT2D eigenvalue weighted by atomic mass is 10.1. The zero-order valence-electron chi connectivity index (χ0n) is 24.7. The Balaban J connectivity index is 1.26. The zero-order chi connectivity index (χ0) is 29.4. The van der Waals surface area contributed by atoms with Crippen LogP contribution in [0.1, 0.15) is 31.9 Å². The molecule has 1 fully saturated rings. The van der Waals surface area contributed by atoms with Crippen LogP contribution in [0.5, 0.6) is 11.8 Å². The molecule has 4 aromatic rings. The fourth-order valence-electron chi connectivity index (χ4n) is 4.86. The second-order valence-electron chi connectivity index (χ2n) is 11.4. The number of hydrogen-bond donors (Lipinski definition) is 0. The minimum atomic E-state index is -0.460. The van der Waals surface area contributed by atoms with E-state index in [1.807, 2.05) is 93.6 Å². The number of ether oxygens (including phenoxy) is 3. The quantitative estimate of drug-likeness (QED) is 0.207. The number of esters is 1. The van der Waals surface area contributed by atoms with Crippen molar-refractivity contribution in [3.05, 3.63) is 108 Å². The fraction of sp³-hybridized carbons (Fsp3) is 0.314. The number of hydrogen-bond acceptors (Lipinski definition) is 7. The maximum atomic E-state index is 12.2. The van der Waals surface area contributed by atoms with Gasteiger partial charge in [0.25, 0.3) is 0 Å². The number of pyridine rings is 1. The molecule has 218 valence electrons. The number of carbonyl (C=O) groups is 1. The monoisotopic (exact) mass is 565 g/mol. The largest absolute Gasteiger partial charge is 0.473 e. The highest BCUT2D eigenvalue weighted by Gasteiger charge is 2.23. The highest BCUT2D eigenvalue weighted by Crippen LogP contribution is 2.33. The van der Waals surface area contributed by atoms with E-state index in [0.717, 1.165) is 54.1 Å². The van der Waals surface area contributed by atoms with Crippen LogP contribution in [0.15, 0.2) is 97.1 Å². The van der Waals surface area contributed by atoms with E-state index < -0.39 is 5.60 Å². The molecule has 0 radical (unpaired) electrons. The molecule has 0 bridgehead atoms. The first-order valence-electron chi connectivity index (χ1n) is 14.5. The summed E-state index contributed by atoms with van der Waals surface area (Å²) in [4.78, 5) is 21.5. The SMILES string of the molecule is CC(C)(C)OC(=O)CN1CCN(c2ccc(-c3ccc(OCc4ccccc4)nc3OCc3ccccc3)cc2)CC1. The van der Waals surface area contributed by atoms with Gasteiger partial charge in [-0.15, -0.1) is 0 Å². The summed E-state index contributed by atoms with van der Waals surface area (Å²) in [5.41, 5.74) is 4.77. The van der Waals surface area contributed by atoms with Gasteiger partial charge in [0.2, 0.25) is 11.8 Å². The van der Waals surface area contributed by atoms with E-state index in [2.05, 4.69) is 34.1 Å². The molecule has 0 atom stereocenters. The predicted octanol–water partition coefficient (Wildman–Crippen LogP) is 6.37. The third-order valence-corrected chi connectivity index (χ3v) is 6.97. The highest BCUT2D eigenvalue weighted by atomic mass is 16.6. The summed E-state index contributed by atoms with van der Waals surface area (Å²) >= 11 is 0. The smallest absolute Gasteiger partial charge is 0.320 e. The van der Waals surface area contributed by atoms with Crippen molar-refractivity contribution < 1.29 is 19.0 Å². The summed E-state index contributed by atoms with van der Waals surface area (Å²) in [5, 5.41) is 0. The Labute approximate surface area is 248 Å². The van der Waals surface area contributed by atoms with Crippen LogP contribution in [0.2, 0.25) is 0 Å². The van der Waals surface area contributed by atoms with Crippen molar-refractivity contribution in [2.24, 2.45) is 0 Å². The average Bonchev–Trinajstić information content (AvgIpc) is 3.00. The molecule has 0 amide bonds. The molecule has 3 aromatic carbocycles. The Morgan fingerprint density at radius 1 is 0.738 bits per heavy atom. The summed E-state index contributed by atoms with van der Waals surface area (Å²) in [6, 6.07) is 32.5. The lowest BCUT2D eigenvalue weighted by Gasteiger charge is -2.36. The van der Waals surface area contributed by atoms with Gasteiger partial charge in [-0.3, -0.25) is 9.69 Å². The maximum absolute atomic E-state index is 12.2. The molecule has 0 unspecified atom stereocenters. The Morgan fingerprint density at radius 3 is 1.93 bits per heavy atom. The van der Waals surface area contributed by atoms with E-state index in [1.54, 1.807) is 0 Å². The first-order valence-corrected chi connectivity index (χ1v) is 14.5. The van der Waals surface area contributed by atoms with Crippen LogP contribution in [-0.2, 0) is 22.7 Å². The molecular formula is C35H39N3O4. The first kappa shape index (κ1) is 29.1. The predicted molar refractivity (Wildman–Crippen MR) is 166 cm³/mol. The Kier molecular flexibility index (Phi) is 9.39. The van der Waals surface area contributed by atoms with Gasteiger partial charge in [0.15, 0.2) is 0 Å². The molecule has 1 saturated heterocycles. The molecule has 2 heterocycles. The van der Waals surface area contributed by atoms with Crippen LogP contribution in [0.3, 0.4) is 0 Å². The summed E-state index contributed by atoms with van der Waals surface area (Å²) in [5.74, 6) is 0.884. The molecule has 7 heteroatoms. The van der Waals surface area contributed by atoms with Gasteiger partial charge in [0.1, 0.15) is 18.8 Å². The topological polar surface area (TPSA) is 64.1 Å². The van der Waals surface area contributed by atoms with Crippen molar-refractivity contribution in [3.8, 4) is 22.9 Å². The lowest BCUT2D eigenvalue weighted by Crippen LogP contribution is -2.48. The molecule has 42 heavy (non-hydrogen) atoms. The third-order valence-electron chi connectivity index (χ3n) is 6.97. The number of anilines is 1. The second-order valence-corrected chi connectivity index (χ2v) is 11.4. The van der Waals surface area contributed by atoms with Crippen LogP contribution in [0.4, 0.5) is 5.69 Å². The van der Waals surface area contributed by atoms with Gasteiger partial charge in [-0.1, -0.05) is 72.8 Å². The van der Waals surface area contributed by atoms with Gasteiger partial charge < -0.3 is 19.1 Å². The van der Waals surface area contributed by atoms with E-state index in [1.165, 1.54) is 0 Å². The molecule has 0 saturated carbocycles. The molecule has 5 rings (SSSR count). The van der Waals surface area contributed by atoms with Crippen LogP contribution < -0.4 is 14.4 Å². The van der Waals surface area contributed by atoms with Crippen molar-refractivity contribution >= 4 is 11.7 Å². The minimum absolute atomic E-state index is 0.171. The molecule has 1 aromatic heterocycles. The van der Waals surface area contributed by atoms with E-state index in [4.69, 9.17) is 19.2 Å². The summed E-state index contributed by atoms with van der Waals surface area (Å²) in [6.45, 7) is 10.2. The van der Waals surface area contributed by atoms with Gasteiger partial charge >= 0.3 is 5.97 Å². The number of nitrogens with zero attached hydrogens (tertiary/aromatic N) is 3. The van der Waals surface area contributed by atoms with Crippen molar-refractivity contribution in [1.82, 2.24) is 9.88 Å². The molecule has 7 nitrogen and oxygen atoms in total. The fourth-order valence-corrected chi connectivity index (χ4v) is 4.86. The first-order chi connectivity index (χ1) is 20.3. The Hall–Kier alpha value is -4.36. The van der Waals surface area contributed by atoms with Gasteiger partial charge in [0, 0.05) is 43.5 Å². The summed E-state index contributed by atoms with van der Waals surface area (Å²) in [7, 11) is 0. The van der Waals surface area contributed by atoms with Crippen LogP contribution >= 0.6 is 0 Å². The number of benzene rings is 3. The molecule has 1 aliphatic rings. The molecule has 0 spiro atoms. The number of piperazine rings is 1. The van der Waals surface area contributed by atoms with Gasteiger partial charge in [-0.25, -0.2) is 0 Å². The zero-order valence-corrected chi connectivity index (χ0v) is 24.7. The van der Waals surface area contributed by atoms with E-state index >= 15 is 0 Å². The molecular weight excluding hydrogens is 526 g/mol.